The number of aryl methyl sites for hydroxylation is 2. The Labute approximate surface area is 76.8 Å². The smallest absolute Gasteiger partial charge is 0.251 e. The van der Waals surface area contributed by atoms with E-state index >= 15 is 0 Å². The van der Waals surface area contributed by atoms with Crippen molar-refractivity contribution in [2.45, 2.75) is 27.7 Å². The molecule has 1 rings (SSSR count). The van der Waals surface area contributed by atoms with Crippen molar-refractivity contribution in [1.82, 2.24) is 4.37 Å². The molecule has 0 atom stereocenters. The summed E-state index contributed by atoms with van der Waals surface area (Å²) in [7, 11) is 0. The van der Waals surface area contributed by atoms with Crippen molar-refractivity contribution >= 4 is 17.4 Å². The molecule has 68 valence electrons. The van der Waals surface area contributed by atoms with E-state index in [0.29, 0.717) is 5.56 Å². The fraction of sp³-hybridized carbons (Fsp3) is 0.500. The first-order valence-electron chi connectivity index (χ1n) is 3.85. The second-order valence-electron chi connectivity index (χ2n) is 2.06. The lowest BCUT2D eigenvalue weighted by Gasteiger charge is -1.90. The predicted octanol–water partition coefficient (Wildman–Crippen LogP) is 1.89. The van der Waals surface area contributed by atoms with Crippen LogP contribution in [0.4, 0.5) is 0 Å². The van der Waals surface area contributed by atoms with Gasteiger partial charge in [-0.25, -0.2) is 0 Å². The van der Waals surface area contributed by atoms with Crippen LogP contribution in [0.3, 0.4) is 0 Å². The van der Waals surface area contributed by atoms with Gasteiger partial charge in [0, 0.05) is 4.88 Å². The maximum absolute atomic E-state index is 10.7. The van der Waals surface area contributed by atoms with Crippen molar-refractivity contribution in [2.75, 3.05) is 0 Å². The molecule has 12 heavy (non-hydrogen) atoms. The van der Waals surface area contributed by atoms with E-state index in [0.717, 1.165) is 10.6 Å². The quantitative estimate of drug-likeness (QED) is 0.728. The lowest BCUT2D eigenvalue weighted by atomic mass is 10.2. The Balaban J connectivity index is 0.000000561. The minimum Gasteiger partial charge on any atom is -0.366 e. The second kappa shape index (κ2) is 4.87. The number of nitrogens with zero attached hydrogens (tertiary/aromatic N) is 1. The molecule has 1 amide bonds. The van der Waals surface area contributed by atoms with Gasteiger partial charge in [-0.1, -0.05) is 13.8 Å². The van der Waals surface area contributed by atoms with Crippen LogP contribution >= 0.6 is 11.5 Å². The number of amides is 1. The molecule has 0 aliphatic carbocycles. The molecule has 0 unspecified atom stereocenters. The molecule has 0 fully saturated rings. The van der Waals surface area contributed by atoms with Gasteiger partial charge >= 0.3 is 0 Å². The van der Waals surface area contributed by atoms with Crippen molar-refractivity contribution in [2.24, 2.45) is 5.73 Å². The van der Waals surface area contributed by atoms with E-state index in [1.54, 1.807) is 6.92 Å². The fourth-order valence-electron chi connectivity index (χ4n) is 0.835. The van der Waals surface area contributed by atoms with E-state index in [9.17, 15) is 4.79 Å². The van der Waals surface area contributed by atoms with Crippen LogP contribution in [-0.2, 0) is 0 Å². The normalized spacial score (nSPS) is 8.67. The summed E-state index contributed by atoms with van der Waals surface area (Å²) in [4.78, 5) is 11.6. The molecule has 0 spiro atoms. The van der Waals surface area contributed by atoms with Gasteiger partial charge in [0.1, 0.15) is 0 Å². The third kappa shape index (κ3) is 2.30. The molecule has 0 saturated heterocycles. The van der Waals surface area contributed by atoms with Crippen LogP contribution in [-0.4, -0.2) is 10.3 Å². The molecular formula is C8H14N2OS. The van der Waals surface area contributed by atoms with E-state index in [1.165, 1.54) is 11.5 Å². The fourth-order valence-corrected chi connectivity index (χ4v) is 1.54. The molecule has 2 N–H and O–H groups in total. The van der Waals surface area contributed by atoms with Crippen LogP contribution in [0.5, 0.6) is 0 Å². The Morgan fingerprint density at radius 1 is 1.42 bits per heavy atom. The highest BCUT2D eigenvalue weighted by Crippen LogP contribution is 2.15. The molecule has 0 aliphatic heterocycles. The van der Waals surface area contributed by atoms with E-state index < -0.39 is 0 Å². The topological polar surface area (TPSA) is 56.0 Å². The zero-order chi connectivity index (χ0) is 9.72. The first kappa shape index (κ1) is 11.1. The molecule has 0 aliphatic rings. The highest BCUT2D eigenvalue weighted by molar-refractivity contribution is 7.06. The summed E-state index contributed by atoms with van der Waals surface area (Å²) in [6.45, 7) is 7.62. The largest absolute Gasteiger partial charge is 0.366 e. The average Bonchev–Trinajstić information content (AvgIpc) is 2.35. The van der Waals surface area contributed by atoms with E-state index in [2.05, 4.69) is 4.37 Å². The summed E-state index contributed by atoms with van der Waals surface area (Å²) in [5, 5.41) is 0. The van der Waals surface area contributed by atoms with E-state index in [4.69, 9.17) is 5.73 Å². The molecule has 4 heteroatoms. The number of aromatic nitrogens is 1. The molecule has 1 heterocycles. The van der Waals surface area contributed by atoms with Crippen LogP contribution in [0.1, 0.15) is 34.8 Å². The Morgan fingerprint density at radius 3 is 2.08 bits per heavy atom. The van der Waals surface area contributed by atoms with Crippen molar-refractivity contribution in [1.29, 1.82) is 0 Å². The molecular weight excluding hydrogens is 172 g/mol. The highest BCUT2D eigenvalue weighted by atomic mass is 32.1. The number of rotatable bonds is 1. The summed E-state index contributed by atoms with van der Waals surface area (Å²) in [6, 6.07) is 0. The number of hydrogen-bond acceptors (Lipinski definition) is 3. The van der Waals surface area contributed by atoms with Gasteiger partial charge in [-0.3, -0.25) is 4.79 Å². The molecule has 1 aromatic rings. The Hall–Kier alpha value is -0.900. The van der Waals surface area contributed by atoms with Gasteiger partial charge in [0.2, 0.25) is 0 Å². The van der Waals surface area contributed by atoms with Crippen LogP contribution in [0.15, 0.2) is 0 Å². The SMILES string of the molecule is CC.Cc1nsc(C)c1C(N)=O. The first-order valence-corrected chi connectivity index (χ1v) is 4.63. The number of hydrogen-bond donors (Lipinski definition) is 1. The lowest BCUT2D eigenvalue weighted by molar-refractivity contribution is 0.0999. The Morgan fingerprint density at radius 2 is 1.92 bits per heavy atom. The summed E-state index contributed by atoms with van der Waals surface area (Å²) in [5.74, 6) is -0.385. The van der Waals surface area contributed by atoms with Crippen molar-refractivity contribution < 1.29 is 4.79 Å². The maximum atomic E-state index is 10.7. The highest BCUT2D eigenvalue weighted by Gasteiger charge is 2.10. The predicted molar refractivity (Wildman–Crippen MR) is 51.5 cm³/mol. The third-order valence-corrected chi connectivity index (χ3v) is 2.12. The molecule has 0 saturated carbocycles. The summed E-state index contributed by atoms with van der Waals surface area (Å²) in [6.07, 6.45) is 0. The van der Waals surface area contributed by atoms with Crippen LogP contribution in [0.25, 0.3) is 0 Å². The van der Waals surface area contributed by atoms with Crippen molar-refractivity contribution in [3.63, 3.8) is 0 Å². The molecule has 0 radical (unpaired) electrons. The number of carbonyl (C=O) groups excluding carboxylic acids is 1. The second-order valence-corrected chi connectivity index (χ2v) is 3.04. The first-order chi connectivity index (χ1) is 5.63. The standard InChI is InChI=1S/C6H8N2OS.C2H6/c1-3-5(6(7)9)4(2)10-8-3;1-2/h1-2H3,(H2,7,9);1-2H3. The zero-order valence-corrected chi connectivity index (χ0v) is 8.66. The summed E-state index contributed by atoms with van der Waals surface area (Å²) in [5.41, 5.74) is 6.39. The van der Waals surface area contributed by atoms with Gasteiger partial charge in [-0.15, -0.1) is 0 Å². The minimum absolute atomic E-state index is 0.385. The molecule has 0 bridgehead atoms. The van der Waals surface area contributed by atoms with Crippen LogP contribution in [0.2, 0.25) is 0 Å². The van der Waals surface area contributed by atoms with Crippen LogP contribution < -0.4 is 5.73 Å². The molecule has 1 aromatic heterocycles. The average molecular weight is 186 g/mol. The van der Waals surface area contributed by atoms with Gasteiger partial charge in [0.25, 0.3) is 5.91 Å². The number of nitrogens with two attached hydrogens (primary N) is 1. The van der Waals surface area contributed by atoms with Crippen LogP contribution in [0, 0.1) is 13.8 Å². The van der Waals surface area contributed by atoms with Crippen molar-refractivity contribution in [3.05, 3.63) is 16.1 Å². The van der Waals surface area contributed by atoms with Gasteiger partial charge < -0.3 is 5.73 Å². The van der Waals surface area contributed by atoms with Gasteiger partial charge in [0.05, 0.1) is 11.3 Å². The van der Waals surface area contributed by atoms with E-state index in [-0.39, 0.29) is 5.91 Å². The van der Waals surface area contributed by atoms with E-state index in [1.807, 2.05) is 20.8 Å². The van der Waals surface area contributed by atoms with Gasteiger partial charge in [-0.2, -0.15) is 4.37 Å². The monoisotopic (exact) mass is 186 g/mol. The third-order valence-electron chi connectivity index (χ3n) is 1.28. The van der Waals surface area contributed by atoms with Gasteiger partial charge in [-0.05, 0) is 25.4 Å². The molecule has 3 nitrogen and oxygen atoms in total. The number of carbonyl (C=O) groups is 1. The van der Waals surface area contributed by atoms with Crippen molar-refractivity contribution in [3.8, 4) is 0 Å². The Bertz CT molecular complexity index is 249. The zero-order valence-electron chi connectivity index (χ0n) is 7.84. The minimum atomic E-state index is -0.385. The number of primary amides is 1. The lowest BCUT2D eigenvalue weighted by Crippen LogP contribution is -2.12. The maximum Gasteiger partial charge on any atom is 0.251 e. The Kier molecular flexibility index (Phi) is 4.51. The summed E-state index contributed by atoms with van der Waals surface area (Å²) < 4.78 is 3.98. The summed E-state index contributed by atoms with van der Waals surface area (Å²) >= 11 is 1.31. The molecule has 0 aromatic carbocycles. The van der Waals surface area contributed by atoms with Gasteiger partial charge in [0.15, 0.2) is 0 Å².